The van der Waals surface area contributed by atoms with Crippen molar-refractivity contribution in [3.63, 3.8) is 0 Å². The zero-order valence-corrected chi connectivity index (χ0v) is 10.7. The first-order valence-corrected chi connectivity index (χ1v) is 5.91. The molecule has 0 saturated heterocycles. The average Bonchev–Trinajstić information content (AvgIpc) is 2.40. The molecule has 0 atom stereocenters. The van der Waals surface area contributed by atoms with Crippen LogP contribution in [0.25, 0.3) is 0 Å². The molecule has 0 aliphatic carbocycles. The van der Waals surface area contributed by atoms with Gasteiger partial charge in [0, 0.05) is 12.7 Å². The highest BCUT2D eigenvalue weighted by atomic mass is 19.4. The summed E-state index contributed by atoms with van der Waals surface area (Å²) in [4.78, 5) is 4.01. The molecular formula is C14H13F3N2O. The molecule has 0 saturated carbocycles. The second kappa shape index (κ2) is 5.50. The highest BCUT2D eigenvalue weighted by Gasteiger charge is 2.33. The molecule has 0 radical (unpaired) electrons. The van der Waals surface area contributed by atoms with Gasteiger partial charge in [0.1, 0.15) is 11.5 Å². The number of alkyl halides is 3. The van der Waals surface area contributed by atoms with E-state index >= 15 is 0 Å². The third-order valence-corrected chi connectivity index (χ3v) is 2.79. The summed E-state index contributed by atoms with van der Waals surface area (Å²) in [6, 6.07) is 7.04. The maximum Gasteiger partial charge on any atom is 0.416 e. The first-order chi connectivity index (χ1) is 9.41. The molecule has 20 heavy (non-hydrogen) atoms. The number of rotatable bonds is 3. The van der Waals surface area contributed by atoms with Crippen LogP contribution in [-0.2, 0) is 12.7 Å². The third kappa shape index (κ3) is 3.08. The van der Waals surface area contributed by atoms with Crippen molar-refractivity contribution in [2.75, 3.05) is 0 Å². The fourth-order valence-electron chi connectivity index (χ4n) is 1.77. The van der Waals surface area contributed by atoms with Gasteiger partial charge in [0.15, 0.2) is 0 Å². The van der Waals surface area contributed by atoms with Crippen LogP contribution < -0.4 is 10.5 Å². The number of nitrogens with zero attached hydrogens (tertiary/aromatic N) is 1. The Labute approximate surface area is 114 Å². The first kappa shape index (κ1) is 14.3. The molecule has 0 aliphatic heterocycles. The van der Waals surface area contributed by atoms with Crippen LogP contribution in [0.3, 0.4) is 0 Å². The van der Waals surface area contributed by atoms with Gasteiger partial charge in [0.25, 0.3) is 0 Å². The van der Waals surface area contributed by atoms with Gasteiger partial charge in [-0.25, -0.2) is 0 Å². The molecule has 1 aromatic heterocycles. The maximum atomic E-state index is 12.9. The van der Waals surface area contributed by atoms with Crippen LogP contribution in [0.5, 0.6) is 11.5 Å². The lowest BCUT2D eigenvalue weighted by molar-refractivity contribution is -0.138. The quantitative estimate of drug-likeness (QED) is 0.934. The van der Waals surface area contributed by atoms with Crippen molar-refractivity contribution in [3.05, 3.63) is 53.3 Å². The summed E-state index contributed by atoms with van der Waals surface area (Å²) in [5.41, 5.74) is 5.18. The van der Waals surface area contributed by atoms with Gasteiger partial charge in [-0.3, -0.25) is 4.98 Å². The number of hydrogen-bond donors (Lipinski definition) is 1. The molecule has 3 nitrogen and oxygen atoms in total. The van der Waals surface area contributed by atoms with E-state index in [4.69, 9.17) is 10.5 Å². The number of ether oxygens (including phenoxy) is 1. The fourth-order valence-corrected chi connectivity index (χ4v) is 1.77. The number of hydrogen-bond acceptors (Lipinski definition) is 3. The molecule has 6 heteroatoms. The van der Waals surface area contributed by atoms with Gasteiger partial charge in [0.05, 0.1) is 11.3 Å². The van der Waals surface area contributed by atoms with Gasteiger partial charge in [-0.05, 0) is 36.8 Å². The highest BCUT2D eigenvalue weighted by Crippen LogP contribution is 2.35. The molecule has 1 aromatic carbocycles. The van der Waals surface area contributed by atoms with E-state index in [1.54, 1.807) is 25.3 Å². The Balaban J connectivity index is 2.37. The van der Waals surface area contributed by atoms with Crippen LogP contribution in [0.4, 0.5) is 13.2 Å². The van der Waals surface area contributed by atoms with E-state index in [0.29, 0.717) is 11.4 Å². The van der Waals surface area contributed by atoms with Gasteiger partial charge >= 0.3 is 6.18 Å². The van der Waals surface area contributed by atoms with Crippen molar-refractivity contribution in [2.24, 2.45) is 5.73 Å². The first-order valence-electron chi connectivity index (χ1n) is 5.91. The Bertz CT molecular complexity index is 612. The molecule has 0 aliphatic rings. The minimum atomic E-state index is -4.46. The molecule has 0 spiro atoms. The standard InChI is InChI=1S/C14H13F3N2O/c1-9-13(3-2-6-19-9)20-11-5-4-10(8-18)12(7-11)14(15,16)17/h2-7H,8,18H2,1H3. The van der Waals surface area contributed by atoms with Gasteiger partial charge < -0.3 is 10.5 Å². The predicted molar refractivity (Wildman–Crippen MR) is 68.4 cm³/mol. The smallest absolute Gasteiger partial charge is 0.416 e. The molecule has 2 rings (SSSR count). The minimum Gasteiger partial charge on any atom is -0.455 e. The predicted octanol–water partition coefficient (Wildman–Crippen LogP) is 3.66. The highest BCUT2D eigenvalue weighted by molar-refractivity contribution is 5.40. The van der Waals surface area contributed by atoms with Crippen LogP contribution >= 0.6 is 0 Å². The normalized spacial score (nSPS) is 11.4. The lowest BCUT2D eigenvalue weighted by Crippen LogP contribution is -2.12. The topological polar surface area (TPSA) is 48.1 Å². The molecule has 0 unspecified atom stereocenters. The molecule has 1 heterocycles. The van der Waals surface area contributed by atoms with Crippen molar-refractivity contribution in [2.45, 2.75) is 19.6 Å². The average molecular weight is 282 g/mol. The van der Waals surface area contributed by atoms with Crippen molar-refractivity contribution in [1.82, 2.24) is 4.98 Å². The fraction of sp³-hybridized carbons (Fsp3) is 0.214. The molecule has 0 bridgehead atoms. The summed E-state index contributed by atoms with van der Waals surface area (Å²) in [6.45, 7) is 1.54. The SMILES string of the molecule is Cc1ncccc1Oc1ccc(CN)c(C(F)(F)F)c1. The second-order valence-electron chi connectivity index (χ2n) is 4.21. The molecule has 2 aromatic rings. The third-order valence-electron chi connectivity index (χ3n) is 2.79. The van der Waals surface area contributed by atoms with Crippen LogP contribution in [-0.4, -0.2) is 4.98 Å². The molecule has 2 N–H and O–H groups in total. The summed E-state index contributed by atoms with van der Waals surface area (Å²) in [5.74, 6) is 0.520. The van der Waals surface area contributed by atoms with Crippen molar-refractivity contribution < 1.29 is 17.9 Å². The lowest BCUT2D eigenvalue weighted by atomic mass is 10.1. The van der Waals surface area contributed by atoms with Crippen LogP contribution in [0.15, 0.2) is 36.5 Å². The van der Waals surface area contributed by atoms with Crippen molar-refractivity contribution >= 4 is 0 Å². The maximum absolute atomic E-state index is 12.9. The Kier molecular flexibility index (Phi) is 3.94. The zero-order chi connectivity index (χ0) is 14.8. The van der Waals surface area contributed by atoms with E-state index in [9.17, 15) is 13.2 Å². The largest absolute Gasteiger partial charge is 0.455 e. The zero-order valence-electron chi connectivity index (χ0n) is 10.7. The van der Waals surface area contributed by atoms with Crippen molar-refractivity contribution in [3.8, 4) is 11.5 Å². The van der Waals surface area contributed by atoms with E-state index in [1.807, 2.05) is 0 Å². The molecule has 106 valence electrons. The Morgan fingerprint density at radius 3 is 2.60 bits per heavy atom. The Morgan fingerprint density at radius 1 is 1.25 bits per heavy atom. The van der Waals surface area contributed by atoms with Gasteiger partial charge in [0.2, 0.25) is 0 Å². The van der Waals surface area contributed by atoms with E-state index < -0.39 is 11.7 Å². The molecule has 0 amide bonds. The number of pyridine rings is 1. The molecular weight excluding hydrogens is 269 g/mol. The van der Waals surface area contributed by atoms with Gasteiger partial charge in [-0.15, -0.1) is 0 Å². The number of benzene rings is 1. The summed E-state index contributed by atoms with van der Waals surface area (Å²) in [6.07, 6.45) is -2.88. The van der Waals surface area contributed by atoms with E-state index in [0.717, 1.165) is 6.07 Å². The second-order valence-corrected chi connectivity index (χ2v) is 4.21. The molecule has 0 fully saturated rings. The summed E-state index contributed by atoms with van der Waals surface area (Å²) in [5, 5.41) is 0. The number of nitrogens with two attached hydrogens (primary N) is 1. The number of aryl methyl sites for hydroxylation is 1. The monoisotopic (exact) mass is 282 g/mol. The minimum absolute atomic E-state index is 0.0350. The van der Waals surface area contributed by atoms with Crippen molar-refractivity contribution in [1.29, 1.82) is 0 Å². The van der Waals surface area contributed by atoms with Crippen LogP contribution in [0, 0.1) is 6.92 Å². The number of aromatic nitrogens is 1. The van der Waals surface area contributed by atoms with E-state index in [2.05, 4.69) is 4.98 Å². The van der Waals surface area contributed by atoms with Crippen LogP contribution in [0.1, 0.15) is 16.8 Å². The summed E-state index contributed by atoms with van der Waals surface area (Å²) < 4.78 is 44.2. The summed E-state index contributed by atoms with van der Waals surface area (Å²) in [7, 11) is 0. The van der Waals surface area contributed by atoms with Gasteiger partial charge in [-0.1, -0.05) is 6.07 Å². The Morgan fingerprint density at radius 2 is 2.00 bits per heavy atom. The number of halogens is 3. The van der Waals surface area contributed by atoms with E-state index in [-0.39, 0.29) is 17.9 Å². The lowest BCUT2D eigenvalue weighted by Gasteiger charge is -2.14. The Hall–Kier alpha value is -2.08. The van der Waals surface area contributed by atoms with E-state index in [1.165, 1.54) is 12.1 Å². The summed E-state index contributed by atoms with van der Waals surface area (Å²) >= 11 is 0. The van der Waals surface area contributed by atoms with Crippen LogP contribution in [0.2, 0.25) is 0 Å². The van der Waals surface area contributed by atoms with Gasteiger partial charge in [-0.2, -0.15) is 13.2 Å².